The summed E-state index contributed by atoms with van der Waals surface area (Å²) in [5.41, 5.74) is 0.783. The molecule has 30 heavy (non-hydrogen) atoms. The summed E-state index contributed by atoms with van der Waals surface area (Å²) in [5, 5.41) is 8.95. The molecule has 0 atom stereocenters. The molecule has 8 heteroatoms. The maximum absolute atomic E-state index is 12.9. The van der Waals surface area contributed by atoms with Crippen LogP contribution >= 0.6 is 23.4 Å². The number of thioether (sulfide) groups is 1. The minimum Gasteiger partial charge on any atom is -0.484 e. The Balaban J connectivity index is 1.54. The van der Waals surface area contributed by atoms with Crippen molar-refractivity contribution in [2.45, 2.75) is 44.7 Å². The Labute approximate surface area is 185 Å². The zero-order valence-electron chi connectivity index (χ0n) is 17.2. The van der Waals surface area contributed by atoms with E-state index in [1.165, 1.54) is 11.8 Å². The van der Waals surface area contributed by atoms with Crippen LogP contribution in [0, 0.1) is 0 Å². The number of nitrogens with zero attached hydrogens (tertiary/aromatic N) is 3. The van der Waals surface area contributed by atoms with Gasteiger partial charge in [-0.05, 0) is 50.6 Å². The lowest BCUT2D eigenvalue weighted by Gasteiger charge is -2.35. The van der Waals surface area contributed by atoms with E-state index in [4.69, 9.17) is 20.8 Å². The van der Waals surface area contributed by atoms with Gasteiger partial charge in [-0.2, -0.15) is 0 Å². The van der Waals surface area contributed by atoms with Gasteiger partial charge in [-0.15, -0.1) is 10.2 Å². The third-order valence-electron chi connectivity index (χ3n) is 4.24. The molecule has 3 aromatic rings. The summed E-state index contributed by atoms with van der Waals surface area (Å²) in [7, 11) is 0. The molecule has 0 unspecified atom stereocenters. The minimum absolute atomic E-state index is 0.00789. The first-order chi connectivity index (χ1) is 14.3. The number of rotatable bonds is 8. The Morgan fingerprint density at radius 2 is 1.80 bits per heavy atom. The Hall–Kier alpha value is -2.51. The molecule has 2 aromatic carbocycles. The number of amides is 1. The van der Waals surface area contributed by atoms with E-state index in [2.05, 4.69) is 10.2 Å². The molecule has 0 radical (unpaired) electrons. The molecule has 0 aliphatic rings. The van der Waals surface area contributed by atoms with Gasteiger partial charge in [0.2, 0.25) is 5.91 Å². The van der Waals surface area contributed by atoms with Crippen molar-refractivity contribution in [1.82, 2.24) is 15.1 Å². The van der Waals surface area contributed by atoms with E-state index in [1.807, 2.05) is 56.0 Å². The van der Waals surface area contributed by atoms with E-state index in [9.17, 15) is 4.79 Å². The molecule has 1 amide bonds. The molecule has 0 spiro atoms. The van der Waals surface area contributed by atoms with Crippen LogP contribution in [0.5, 0.6) is 5.75 Å². The fourth-order valence-electron chi connectivity index (χ4n) is 2.70. The van der Waals surface area contributed by atoms with Crippen LogP contribution in [-0.2, 0) is 17.9 Å². The first kappa shape index (κ1) is 22.2. The molecule has 0 fully saturated rings. The minimum atomic E-state index is -0.306. The van der Waals surface area contributed by atoms with E-state index < -0.39 is 0 Å². The third-order valence-corrected chi connectivity index (χ3v) is 5.29. The first-order valence-electron chi connectivity index (χ1n) is 9.49. The van der Waals surface area contributed by atoms with Crippen LogP contribution in [0.2, 0.25) is 5.02 Å². The first-order valence-corrected chi connectivity index (χ1v) is 10.9. The normalized spacial score (nSPS) is 11.3. The van der Waals surface area contributed by atoms with Crippen LogP contribution < -0.4 is 4.74 Å². The Bertz CT molecular complexity index is 956. The van der Waals surface area contributed by atoms with E-state index in [0.717, 1.165) is 5.56 Å². The Morgan fingerprint density at radius 1 is 1.10 bits per heavy atom. The predicted molar refractivity (Wildman–Crippen MR) is 118 cm³/mol. The fourth-order valence-corrected chi connectivity index (χ4v) is 3.48. The summed E-state index contributed by atoms with van der Waals surface area (Å²) < 4.78 is 11.2. The van der Waals surface area contributed by atoms with E-state index in [0.29, 0.717) is 28.4 Å². The van der Waals surface area contributed by atoms with Crippen molar-refractivity contribution < 1.29 is 13.9 Å². The number of carbonyl (C=O) groups excluding carboxylic acids is 1. The van der Waals surface area contributed by atoms with E-state index in [1.54, 1.807) is 24.3 Å². The quantitative estimate of drug-likeness (QED) is 0.442. The molecule has 0 N–H and O–H groups in total. The van der Waals surface area contributed by atoms with Crippen molar-refractivity contribution in [1.29, 1.82) is 0 Å². The monoisotopic (exact) mass is 445 g/mol. The second kappa shape index (κ2) is 10.00. The molecule has 6 nitrogen and oxygen atoms in total. The van der Waals surface area contributed by atoms with Crippen molar-refractivity contribution >= 4 is 29.3 Å². The maximum Gasteiger partial charge on any atom is 0.277 e. The molecule has 0 saturated heterocycles. The van der Waals surface area contributed by atoms with Gasteiger partial charge >= 0.3 is 0 Å². The van der Waals surface area contributed by atoms with Crippen LogP contribution in [0.25, 0.3) is 0 Å². The number of hydrogen-bond acceptors (Lipinski definition) is 6. The molecule has 0 bridgehead atoms. The average molecular weight is 446 g/mol. The topological polar surface area (TPSA) is 68.5 Å². The third kappa shape index (κ3) is 6.50. The highest BCUT2D eigenvalue weighted by molar-refractivity contribution is 7.99. The van der Waals surface area contributed by atoms with Crippen molar-refractivity contribution in [3.05, 3.63) is 71.1 Å². The molecule has 1 heterocycles. The van der Waals surface area contributed by atoms with Gasteiger partial charge < -0.3 is 14.1 Å². The van der Waals surface area contributed by atoms with Crippen molar-refractivity contribution in [3.8, 4) is 5.75 Å². The van der Waals surface area contributed by atoms with Gasteiger partial charge in [0.1, 0.15) is 5.75 Å². The summed E-state index contributed by atoms with van der Waals surface area (Å²) in [6.07, 6.45) is 0. The number of halogens is 1. The molecule has 158 valence electrons. The van der Waals surface area contributed by atoms with Crippen LogP contribution in [0.4, 0.5) is 0 Å². The second-order valence-corrected chi connectivity index (χ2v) is 8.99. The molecular formula is C22H24ClN3O3S. The highest BCUT2D eigenvalue weighted by atomic mass is 35.5. The lowest BCUT2D eigenvalue weighted by Crippen LogP contribution is -2.45. The summed E-state index contributed by atoms with van der Waals surface area (Å²) in [6, 6.07) is 17.0. The summed E-state index contributed by atoms with van der Waals surface area (Å²) in [6.45, 7) is 6.77. The van der Waals surface area contributed by atoms with Crippen molar-refractivity contribution in [2.75, 3.05) is 5.75 Å². The van der Waals surface area contributed by atoms with Crippen LogP contribution in [0.15, 0.2) is 64.2 Å². The van der Waals surface area contributed by atoms with Crippen LogP contribution in [0.3, 0.4) is 0 Å². The van der Waals surface area contributed by atoms with Gasteiger partial charge in [0, 0.05) is 17.1 Å². The smallest absolute Gasteiger partial charge is 0.277 e. The predicted octanol–water partition coefficient (Wildman–Crippen LogP) is 5.22. The Kier molecular flexibility index (Phi) is 7.39. The largest absolute Gasteiger partial charge is 0.484 e. The van der Waals surface area contributed by atoms with Crippen LogP contribution in [0.1, 0.15) is 32.2 Å². The highest BCUT2D eigenvalue weighted by Gasteiger charge is 2.27. The standard InChI is InChI=1S/C22H24ClN3O3S/c1-22(2,3)26(13-16-7-5-4-6-8-16)20(27)15-30-21-25-24-19(29-21)14-28-18-11-9-17(23)10-12-18/h4-12H,13-15H2,1-3H3. The number of aromatic nitrogens is 2. The van der Waals surface area contributed by atoms with Crippen molar-refractivity contribution in [3.63, 3.8) is 0 Å². The Morgan fingerprint density at radius 3 is 2.47 bits per heavy atom. The highest BCUT2D eigenvalue weighted by Crippen LogP contribution is 2.23. The van der Waals surface area contributed by atoms with E-state index >= 15 is 0 Å². The lowest BCUT2D eigenvalue weighted by molar-refractivity contribution is -0.133. The number of carbonyl (C=O) groups is 1. The molecule has 0 aliphatic heterocycles. The van der Waals surface area contributed by atoms with Crippen LogP contribution in [-0.4, -0.2) is 32.3 Å². The van der Waals surface area contributed by atoms with Gasteiger partial charge in [0.15, 0.2) is 6.61 Å². The fraction of sp³-hybridized carbons (Fsp3) is 0.318. The van der Waals surface area contributed by atoms with Gasteiger partial charge in [-0.3, -0.25) is 4.79 Å². The molecule has 1 aromatic heterocycles. The average Bonchev–Trinajstić information content (AvgIpc) is 3.18. The second-order valence-electron chi connectivity index (χ2n) is 7.63. The molecule has 0 saturated carbocycles. The summed E-state index contributed by atoms with van der Waals surface area (Å²) >= 11 is 7.08. The number of hydrogen-bond donors (Lipinski definition) is 0. The van der Waals surface area contributed by atoms with Gasteiger partial charge in [0.25, 0.3) is 11.1 Å². The SMILES string of the molecule is CC(C)(C)N(Cc1ccccc1)C(=O)CSc1nnc(COc2ccc(Cl)cc2)o1. The van der Waals surface area contributed by atoms with Gasteiger partial charge in [0.05, 0.1) is 5.75 Å². The maximum atomic E-state index is 12.9. The lowest BCUT2D eigenvalue weighted by atomic mass is 10.0. The number of benzene rings is 2. The van der Waals surface area contributed by atoms with Gasteiger partial charge in [-0.1, -0.05) is 53.7 Å². The van der Waals surface area contributed by atoms with Crippen molar-refractivity contribution in [2.24, 2.45) is 0 Å². The zero-order chi connectivity index (χ0) is 21.6. The molecule has 3 rings (SSSR count). The molecule has 0 aliphatic carbocycles. The number of ether oxygens (including phenoxy) is 1. The molecular weight excluding hydrogens is 422 g/mol. The summed E-state index contributed by atoms with van der Waals surface area (Å²) in [5.74, 6) is 1.22. The van der Waals surface area contributed by atoms with E-state index in [-0.39, 0.29) is 23.8 Å². The van der Waals surface area contributed by atoms with Gasteiger partial charge in [-0.25, -0.2) is 0 Å². The zero-order valence-corrected chi connectivity index (χ0v) is 18.7. The summed E-state index contributed by atoms with van der Waals surface area (Å²) in [4.78, 5) is 14.7.